The fourth-order valence-corrected chi connectivity index (χ4v) is 3.29. The average molecular weight is 292 g/mol. The van der Waals surface area contributed by atoms with Gasteiger partial charge in [-0.1, -0.05) is 32.9 Å². The topological polar surface area (TPSA) is 20.2 Å². The first-order chi connectivity index (χ1) is 8.93. The molecule has 0 fully saturated rings. The van der Waals surface area contributed by atoms with Crippen molar-refractivity contribution in [1.82, 2.24) is 0 Å². The van der Waals surface area contributed by atoms with Gasteiger partial charge in [0.15, 0.2) is 0 Å². The van der Waals surface area contributed by atoms with Crippen LogP contribution in [0, 0.1) is 0 Å². The molecule has 0 atom stereocenters. The van der Waals surface area contributed by atoms with Crippen molar-refractivity contribution in [2.45, 2.75) is 31.9 Å². The van der Waals surface area contributed by atoms with Crippen LogP contribution in [-0.2, 0) is 11.2 Å². The summed E-state index contributed by atoms with van der Waals surface area (Å²) in [6, 6.07) is 8.36. The van der Waals surface area contributed by atoms with Gasteiger partial charge in [-0.05, 0) is 34.7 Å². The third-order valence-electron chi connectivity index (χ3n) is 3.14. The van der Waals surface area contributed by atoms with E-state index in [0.717, 1.165) is 21.8 Å². The maximum atomic E-state index is 10.5. The van der Waals surface area contributed by atoms with Crippen molar-refractivity contribution >= 4 is 23.1 Å². The lowest BCUT2D eigenvalue weighted by atomic mass is 9.84. The highest BCUT2D eigenvalue weighted by molar-refractivity contribution is 7.97. The monoisotopic (exact) mass is 292 g/mol. The molecule has 1 aromatic carbocycles. The molecule has 1 heterocycles. The quantitative estimate of drug-likeness (QED) is 0.830. The molecular weight excluding hydrogens is 272 g/mol. The second kappa shape index (κ2) is 5.59. The Balaban J connectivity index is 2.62. The van der Waals surface area contributed by atoms with E-state index in [9.17, 15) is 5.11 Å². The van der Waals surface area contributed by atoms with Crippen LogP contribution in [0.5, 0.6) is 5.75 Å². The number of phenols is 1. The first-order valence-corrected chi connectivity index (χ1v) is 8.60. The van der Waals surface area contributed by atoms with Crippen LogP contribution in [0.15, 0.2) is 29.6 Å². The number of hydrogen-bond acceptors (Lipinski definition) is 3. The molecule has 2 aromatic rings. The van der Waals surface area contributed by atoms with Gasteiger partial charge in [-0.2, -0.15) is 11.8 Å². The number of phenolic OH excluding ortho intramolecular Hbond substituents is 1. The fourth-order valence-electron chi connectivity index (χ4n) is 2.01. The van der Waals surface area contributed by atoms with Crippen LogP contribution in [0.3, 0.4) is 0 Å². The van der Waals surface area contributed by atoms with Crippen LogP contribution in [0.25, 0.3) is 10.4 Å². The Morgan fingerprint density at radius 2 is 2.00 bits per heavy atom. The Morgan fingerprint density at radius 1 is 1.26 bits per heavy atom. The fraction of sp³-hybridized carbons (Fsp3) is 0.375. The van der Waals surface area contributed by atoms with Crippen LogP contribution in [0.1, 0.15) is 31.9 Å². The number of rotatable bonds is 3. The molecule has 0 aliphatic rings. The largest absolute Gasteiger partial charge is 0.507 e. The minimum atomic E-state index is 0.0901. The maximum absolute atomic E-state index is 10.5. The van der Waals surface area contributed by atoms with Gasteiger partial charge in [0.05, 0.1) is 0 Å². The summed E-state index contributed by atoms with van der Waals surface area (Å²) in [5.41, 5.74) is 3.36. The van der Waals surface area contributed by atoms with Gasteiger partial charge >= 0.3 is 0 Å². The summed E-state index contributed by atoms with van der Waals surface area (Å²) in [5, 5.41) is 12.5. The highest BCUT2D eigenvalue weighted by atomic mass is 32.2. The van der Waals surface area contributed by atoms with E-state index >= 15 is 0 Å². The first-order valence-electron chi connectivity index (χ1n) is 6.32. The number of thiophene rings is 1. The minimum Gasteiger partial charge on any atom is -0.507 e. The molecule has 0 radical (unpaired) electrons. The molecule has 0 aliphatic carbocycles. The SMILES string of the molecule is CSCc1cc(C(C)(C)C)cc(-c2cccs2)c1O. The van der Waals surface area contributed by atoms with Crippen LogP contribution in [0.2, 0.25) is 0 Å². The van der Waals surface area contributed by atoms with Crippen LogP contribution in [-0.4, -0.2) is 11.4 Å². The lowest BCUT2D eigenvalue weighted by Crippen LogP contribution is -2.11. The average Bonchev–Trinajstić information content (AvgIpc) is 2.84. The zero-order valence-electron chi connectivity index (χ0n) is 11.9. The number of thioether (sulfide) groups is 1. The molecule has 0 spiro atoms. The normalized spacial score (nSPS) is 11.8. The zero-order chi connectivity index (χ0) is 14.0. The second-order valence-electron chi connectivity index (χ2n) is 5.69. The Hall–Kier alpha value is -0.930. The molecule has 0 bridgehead atoms. The Morgan fingerprint density at radius 3 is 2.53 bits per heavy atom. The predicted molar refractivity (Wildman–Crippen MR) is 87.3 cm³/mol. The summed E-state index contributed by atoms with van der Waals surface area (Å²) < 4.78 is 0. The molecule has 3 heteroatoms. The number of hydrogen-bond donors (Lipinski definition) is 1. The molecule has 0 amide bonds. The molecule has 0 saturated heterocycles. The molecule has 102 valence electrons. The van der Waals surface area contributed by atoms with Crippen molar-refractivity contribution in [2.24, 2.45) is 0 Å². The van der Waals surface area contributed by atoms with Crippen molar-refractivity contribution in [2.75, 3.05) is 6.26 Å². The van der Waals surface area contributed by atoms with Crippen molar-refractivity contribution in [3.8, 4) is 16.2 Å². The molecule has 1 N–H and O–H groups in total. The van der Waals surface area contributed by atoms with Gasteiger partial charge in [-0.15, -0.1) is 11.3 Å². The summed E-state index contributed by atoms with van der Waals surface area (Å²) in [5.74, 6) is 1.28. The first kappa shape index (κ1) is 14.5. The number of benzene rings is 1. The summed E-state index contributed by atoms with van der Waals surface area (Å²) in [4.78, 5) is 1.13. The van der Waals surface area contributed by atoms with Gasteiger partial charge in [0, 0.05) is 21.8 Å². The molecule has 0 unspecified atom stereocenters. The van der Waals surface area contributed by atoms with Crippen molar-refractivity contribution in [1.29, 1.82) is 0 Å². The van der Waals surface area contributed by atoms with Crippen LogP contribution in [0.4, 0.5) is 0 Å². The van der Waals surface area contributed by atoms with Gasteiger partial charge in [-0.3, -0.25) is 0 Å². The van der Waals surface area contributed by atoms with E-state index in [4.69, 9.17) is 0 Å². The molecule has 19 heavy (non-hydrogen) atoms. The predicted octanol–water partition coefficient (Wildman–Crippen LogP) is 5.28. The van der Waals surface area contributed by atoms with E-state index in [1.807, 2.05) is 11.4 Å². The van der Waals surface area contributed by atoms with Crippen LogP contribution < -0.4 is 0 Å². The summed E-state index contributed by atoms with van der Waals surface area (Å²) in [6.45, 7) is 6.63. The standard InChI is InChI=1S/C16H20OS2/c1-16(2,3)12-8-11(10-18-4)15(17)13(9-12)14-6-5-7-19-14/h5-9,17H,10H2,1-4H3. The smallest absolute Gasteiger partial charge is 0.128 e. The molecule has 0 aliphatic heterocycles. The molecule has 1 nitrogen and oxygen atoms in total. The summed E-state index contributed by atoms with van der Waals surface area (Å²) in [6.07, 6.45) is 2.06. The van der Waals surface area contributed by atoms with Gasteiger partial charge in [-0.25, -0.2) is 0 Å². The zero-order valence-corrected chi connectivity index (χ0v) is 13.5. The van der Waals surface area contributed by atoms with E-state index in [1.165, 1.54) is 5.56 Å². The molecule has 0 saturated carbocycles. The van der Waals surface area contributed by atoms with E-state index in [1.54, 1.807) is 23.1 Å². The molecule has 1 aromatic heterocycles. The van der Waals surface area contributed by atoms with Gasteiger partial charge in [0.2, 0.25) is 0 Å². The van der Waals surface area contributed by atoms with E-state index in [2.05, 4.69) is 45.2 Å². The van der Waals surface area contributed by atoms with E-state index in [-0.39, 0.29) is 5.41 Å². The Bertz CT molecular complexity index is 551. The van der Waals surface area contributed by atoms with Gasteiger partial charge in [0.1, 0.15) is 5.75 Å². The Labute approximate surface area is 123 Å². The highest BCUT2D eigenvalue weighted by Crippen LogP contribution is 2.39. The van der Waals surface area contributed by atoms with E-state index in [0.29, 0.717) is 5.75 Å². The lowest BCUT2D eigenvalue weighted by molar-refractivity contribution is 0.471. The second-order valence-corrected chi connectivity index (χ2v) is 7.51. The Kier molecular flexibility index (Phi) is 4.26. The summed E-state index contributed by atoms with van der Waals surface area (Å²) in [7, 11) is 0. The molecule has 2 rings (SSSR count). The highest BCUT2D eigenvalue weighted by Gasteiger charge is 2.19. The van der Waals surface area contributed by atoms with Crippen molar-refractivity contribution in [3.63, 3.8) is 0 Å². The maximum Gasteiger partial charge on any atom is 0.128 e. The summed E-state index contributed by atoms with van der Waals surface area (Å²) >= 11 is 3.41. The van der Waals surface area contributed by atoms with Crippen molar-refractivity contribution in [3.05, 3.63) is 40.8 Å². The van der Waals surface area contributed by atoms with Crippen LogP contribution >= 0.6 is 23.1 Å². The number of aromatic hydroxyl groups is 1. The third kappa shape index (κ3) is 3.15. The minimum absolute atomic E-state index is 0.0901. The van der Waals surface area contributed by atoms with Crippen molar-refractivity contribution < 1.29 is 5.11 Å². The van der Waals surface area contributed by atoms with E-state index < -0.39 is 0 Å². The molecular formula is C16H20OS2. The van der Waals surface area contributed by atoms with Gasteiger partial charge in [0.25, 0.3) is 0 Å². The third-order valence-corrected chi connectivity index (χ3v) is 4.64. The van der Waals surface area contributed by atoms with Gasteiger partial charge < -0.3 is 5.11 Å². The lowest BCUT2D eigenvalue weighted by Gasteiger charge is -2.22.